The van der Waals surface area contributed by atoms with E-state index in [1.807, 2.05) is 0 Å². The highest BCUT2D eigenvalue weighted by Gasteiger charge is 2.22. The van der Waals surface area contributed by atoms with Crippen molar-refractivity contribution in [3.63, 3.8) is 0 Å². The maximum atomic E-state index is 12.1. The molecule has 144 valence electrons. The molecule has 0 saturated heterocycles. The summed E-state index contributed by atoms with van der Waals surface area (Å²) in [5.74, 6) is -4.31. The fourth-order valence-corrected chi connectivity index (χ4v) is 2.57. The zero-order valence-corrected chi connectivity index (χ0v) is 15.0. The molecule has 0 saturated carbocycles. The minimum Gasteiger partial charge on any atom is -0.344 e. The summed E-state index contributed by atoms with van der Waals surface area (Å²) < 4.78 is 25.8. The molecule has 1 aromatic carbocycles. The van der Waals surface area contributed by atoms with Gasteiger partial charge < -0.3 is 16.0 Å². The number of amides is 4. The third-order valence-corrected chi connectivity index (χ3v) is 4.22. The number of carbonyl (C=O) groups excluding carboxylic acids is 4. The summed E-state index contributed by atoms with van der Waals surface area (Å²) in [6, 6.07) is 4.62. The first kappa shape index (κ1) is 21.6. The van der Waals surface area contributed by atoms with Crippen molar-refractivity contribution in [2.75, 3.05) is 18.4 Å². The van der Waals surface area contributed by atoms with Crippen LogP contribution in [0.3, 0.4) is 0 Å². The summed E-state index contributed by atoms with van der Waals surface area (Å²) in [7, 11) is -4.29. The van der Waals surface area contributed by atoms with Crippen LogP contribution in [-0.4, -0.2) is 45.1 Å². The largest absolute Gasteiger partial charge is 0.344 e. The second kappa shape index (κ2) is 9.87. The van der Waals surface area contributed by atoms with Crippen molar-refractivity contribution < 1.29 is 27.6 Å². The van der Waals surface area contributed by atoms with Gasteiger partial charge in [-0.1, -0.05) is 12.2 Å². The molecule has 0 spiro atoms. The van der Waals surface area contributed by atoms with Gasteiger partial charge in [-0.05, 0) is 24.3 Å². The predicted molar refractivity (Wildman–Crippen MR) is 96.8 cm³/mol. The molecule has 4 N–H and O–H groups in total. The number of carbonyl (C=O) groups is 4. The van der Waals surface area contributed by atoms with Crippen molar-refractivity contribution in [1.29, 1.82) is 0 Å². The quantitative estimate of drug-likeness (QED) is 0.345. The Bertz CT molecular complexity index is 861. The Hall–Kier alpha value is -3.47. The zero-order chi connectivity index (χ0) is 20.4. The number of benzene rings is 1. The maximum Gasteiger partial charge on any atom is 0.323 e. The summed E-state index contributed by atoms with van der Waals surface area (Å²) >= 11 is 0. The average molecular weight is 394 g/mol. The molecular weight excluding hydrogens is 376 g/mol. The van der Waals surface area contributed by atoms with E-state index in [2.05, 4.69) is 29.1 Å². The lowest BCUT2D eigenvalue weighted by Crippen LogP contribution is -2.42. The van der Waals surface area contributed by atoms with Crippen LogP contribution < -0.4 is 20.7 Å². The van der Waals surface area contributed by atoms with Gasteiger partial charge in [-0.3, -0.25) is 19.2 Å². The smallest absolute Gasteiger partial charge is 0.323 e. The highest BCUT2D eigenvalue weighted by Crippen LogP contribution is 2.14. The van der Waals surface area contributed by atoms with E-state index in [0.717, 1.165) is 12.1 Å². The summed E-state index contributed by atoms with van der Waals surface area (Å²) in [4.78, 5) is 45.7. The number of hydrogen-bond donors (Lipinski definition) is 4. The lowest BCUT2D eigenvalue weighted by atomic mass is 10.3. The van der Waals surface area contributed by atoms with E-state index < -0.39 is 33.7 Å². The topological polar surface area (TPSA) is 151 Å². The van der Waals surface area contributed by atoms with Gasteiger partial charge in [0.05, 0.1) is 4.90 Å². The minimum absolute atomic E-state index is 0.00106. The van der Waals surface area contributed by atoms with E-state index in [1.54, 1.807) is 4.72 Å². The molecule has 0 heterocycles. The van der Waals surface area contributed by atoms with Gasteiger partial charge in [-0.25, -0.2) is 13.1 Å². The van der Waals surface area contributed by atoms with Crippen LogP contribution in [0.25, 0.3) is 0 Å². The van der Waals surface area contributed by atoms with E-state index in [-0.39, 0.29) is 23.7 Å². The molecule has 0 aliphatic carbocycles. The molecule has 1 aromatic rings. The molecule has 0 aromatic heterocycles. The molecular formula is C16H18N4O6S. The van der Waals surface area contributed by atoms with Gasteiger partial charge in [0.2, 0.25) is 0 Å². The SMILES string of the molecule is C=CCNC(=O)C(=O)Nc1ccc(S(=O)(=O)NC(=O)C(=O)NCC=C)cc1. The molecule has 0 fully saturated rings. The minimum atomic E-state index is -4.29. The molecule has 10 nitrogen and oxygen atoms in total. The Labute approximate surface area is 155 Å². The van der Waals surface area contributed by atoms with E-state index in [0.29, 0.717) is 0 Å². The monoisotopic (exact) mass is 394 g/mol. The number of anilines is 1. The summed E-state index contributed by atoms with van der Waals surface area (Å²) in [6.45, 7) is 6.85. The third kappa shape index (κ3) is 6.74. The predicted octanol–water partition coefficient (Wildman–Crippen LogP) is -0.966. The molecule has 0 radical (unpaired) electrons. The van der Waals surface area contributed by atoms with Gasteiger partial charge in [0.25, 0.3) is 10.0 Å². The molecule has 11 heteroatoms. The van der Waals surface area contributed by atoms with Crippen molar-refractivity contribution in [3.8, 4) is 0 Å². The summed E-state index contributed by atoms with van der Waals surface area (Å²) in [5, 5.41) is 6.69. The van der Waals surface area contributed by atoms with Crippen LogP contribution in [0.2, 0.25) is 0 Å². The number of rotatable bonds is 7. The van der Waals surface area contributed by atoms with Crippen LogP contribution in [0.5, 0.6) is 0 Å². The normalized spacial score (nSPS) is 10.2. The van der Waals surface area contributed by atoms with Gasteiger partial charge in [0.1, 0.15) is 0 Å². The van der Waals surface area contributed by atoms with Gasteiger partial charge in [-0.2, -0.15) is 0 Å². The van der Waals surface area contributed by atoms with Gasteiger partial charge >= 0.3 is 23.6 Å². The Morgan fingerprint density at radius 1 is 0.815 bits per heavy atom. The Morgan fingerprint density at radius 2 is 1.30 bits per heavy atom. The Morgan fingerprint density at radius 3 is 1.78 bits per heavy atom. The van der Waals surface area contributed by atoms with E-state index in [1.165, 1.54) is 24.3 Å². The molecule has 27 heavy (non-hydrogen) atoms. The molecule has 4 amide bonds. The number of sulfonamides is 1. The summed E-state index contributed by atoms with van der Waals surface area (Å²) in [5.41, 5.74) is 0.155. The Kier molecular flexibility index (Phi) is 7.89. The number of nitrogens with one attached hydrogen (secondary N) is 4. The van der Waals surface area contributed by atoms with Crippen LogP contribution in [-0.2, 0) is 29.2 Å². The van der Waals surface area contributed by atoms with E-state index >= 15 is 0 Å². The first-order valence-electron chi connectivity index (χ1n) is 7.47. The van der Waals surface area contributed by atoms with Crippen molar-refractivity contribution in [2.24, 2.45) is 0 Å². The first-order valence-corrected chi connectivity index (χ1v) is 8.95. The first-order chi connectivity index (χ1) is 12.7. The molecule has 1 rings (SSSR count). The molecule has 0 atom stereocenters. The zero-order valence-electron chi connectivity index (χ0n) is 14.2. The highest BCUT2D eigenvalue weighted by atomic mass is 32.2. The van der Waals surface area contributed by atoms with Gasteiger partial charge in [0.15, 0.2) is 0 Å². The van der Waals surface area contributed by atoms with Crippen LogP contribution in [0.4, 0.5) is 5.69 Å². The fraction of sp³-hybridized carbons (Fsp3) is 0.125. The third-order valence-electron chi connectivity index (χ3n) is 2.88. The van der Waals surface area contributed by atoms with E-state index in [9.17, 15) is 27.6 Å². The summed E-state index contributed by atoms with van der Waals surface area (Å²) in [6.07, 6.45) is 2.72. The maximum absolute atomic E-state index is 12.1. The van der Waals surface area contributed by atoms with Crippen molar-refractivity contribution in [3.05, 3.63) is 49.6 Å². The van der Waals surface area contributed by atoms with Crippen LogP contribution in [0.1, 0.15) is 0 Å². The van der Waals surface area contributed by atoms with E-state index in [4.69, 9.17) is 0 Å². The highest BCUT2D eigenvalue weighted by molar-refractivity contribution is 7.90. The van der Waals surface area contributed by atoms with Crippen molar-refractivity contribution in [1.82, 2.24) is 15.4 Å². The van der Waals surface area contributed by atoms with Crippen molar-refractivity contribution in [2.45, 2.75) is 4.90 Å². The van der Waals surface area contributed by atoms with Crippen molar-refractivity contribution >= 4 is 39.3 Å². The standard InChI is InChI=1S/C16H18N4O6S/c1-3-9-17-13(21)15(23)19-11-5-7-12(8-6-11)27(25,26)20-16(24)14(22)18-10-4-2/h3-8H,1-2,9-10H2,(H,17,21)(H,18,22)(H,19,23)(H,20,24). The lowest BCUT2D eigenvalue weighted by Gasteiger charge is -2.08. The molecule has 0 bridgehead atoms. The van der Waals surface area contributed by atoms with Crippen LogP contribution in [0.15, 0.2) is 54.5 Å². The molecule has 0 unspecified atom stereocenters. The molecule has 0 aliphatic heterocycles. The second-order valence-electron chi connectivity index (χ2n) is 4.91. The fourth-order valence-electron chi connectivity index (χ4n) is 1.62. The van der Waals surface area contributed by atoms with Crippen LogP contribution >= 0.6 is 0 Å². The lowest BCUT2D eigenvalue weighted by molar-refractivity contribution is -0.138. The molecule has 0 aliphatic rings. The average Bonchev–Trinajstić information content (AvgIpc) is 2.64. The van der Waals surface area contributed by atoms with Gasteiger partial charge in [0, 0.05) is 18.8 Å². The Balaban J connectivity index is 2.76. The van der Waals surface area contributed by atoms with Crippen LogP contribution in [0, 0.1) is 0 Å². The van der Waals surface area contributed by atoms with Gasteiger partial charge in [-0.15, -0.1) is 13.2 Å². The number of hydrogen-bond acceptors (Lipinski definition) is 6. The second-order valence-corrected chi connectivity index (χ2v) is 6.59.